The molecule has 0 bridgehead atoms. The van der Waals surface area contributed by atoms with E-state index < -0.39 is 28.8 Å². The predicted octanol–water partition coefficient (Wildman–Crippen LogP) is 3.70. The highest BCUT2D eigenvalue weighted by atomic mass is 32.1. The molecule has 0 N–H and O–H groups in total. The third-order valence-corrected chi connectivity index (χ3v) is 3.22. The maximum Gasteiger partial charge on any atom is 0.197 e. The van der Waals surface area contributed by atoms with Gasteiger partial charge in [-0.05, 0) is 23.9 Å². The summed E-state index contributed by atoms with van der Waals surface area (Å²) in [5.74, 6) is -4.23. The summed E-state index contributed by atoms with van der Waals surface area (Å²) in [4.78, 5) is 11.9. The average Bonchev–Trinajstić information content (AvgIpc) is 2.69. The molecular formula is C12H7F3OS. The topological polar surface area (TPSA) is 17.1 Å². The molecule has 0 atom stereocenters. The van der Waals surface area contributed by atoms with Crippen molar-refractivity contribution in [2.45, 2.75) is 6.92 Å². The Balaban J connectivity index is 2.52. The highest BCUT2D eigenvalue weighted by Crippen LogP contribution is 2.21. The molecule has 0 fully saturated rings. The van der Waals surface area contributed by atoms with Gasteiger partial charge in [0.2, 0.25) is 0 Å². The molecule has 1 aromatic carbocycles. The van der Waals surface area contributed by atoms with Crippen molar-refractivity contribution in [2.24, 2.45) is 0 Å². The molecule has 1 heterocycles. The first kappa shape index (κ1) is 11.9. The minimum Gasteiger partial charge on any atom is -0.288 e. The van der Waals surface area contributed by atoms with Crippen LogP contribution in [0.5, 0.6) is 0 Å². The van der Waals surface area contributed by atoms with Gasteiger partial charge in [0.25, 0.3) is 0 Å². The molecule has 0 spiro atoms. The van der Waals surface area contributed by atoms with Crippen LogP contribution in [0.3, 0.4) is 0 Å². The normalized spacial score (nSPS) is 10.6. The van der Waals surface area contributed by atoms with E-state index in [4.69, 9.17) is 0 Å². The average molecular weight is 256 g/mol. The van der Waals surface area contributed by atoms with Crippen LogP contribution in [-0.4, -0.2) is 5.78 Å². The Kier molecular flexibility index (Phi) is 3.02. The zero-order valence-electron chi connectivity index (χ0n) is 8.76. The van der Waals surface area contributed by atoms with Crippen molar-refractivity contribution in [1.82, 2.24) is 0 Å². The molecule has 2 aromatic rings. The Morgan fingerprint density at radius 1 is 1.00 bits per heavy atom. The lowest BCUT2D eigenvalue weighted by molar-refractivity contribution is 0.103. The Bertz CT molecular complexity index is 589. The molecular weight excluding hydrogens is 249 g/mol. The van der Waals surface area contributed by atoms with Crippen LogP contribution in [-0.2, 0) is 0 Å². The standard InChI is InChI=1S/C12H7F3OS/c1-6-4-17-5-8(6)12(16)7-2-10(14)11(15)3-9(7)13/h2-5H,1H3. The van der Waals surface area contributed by atoms with Crippen LogP contribution < -0.4 is 0 Å². The number of hydrogen-bond donors (Lipinski definition) is 0. The summed E-state index contributed by atoms with van der Waals surface area (Å²) >= 11 is 1.29. The maximum absolute atomic E-state index is 13.4. The van der Waals surface area contributed by atoms with Crippen LogP contribution in [0, 0.1) is 24.4 Å². The summed E-state index contributed by atoms with van der Waals surface area (Å²) < 4.78 is 39.1. The second kappa shape index (κ2) is 4.33. The van der Waals surface area contributed by atoms with E-state index in [1.54, 1.807) is 17.7 Å². The number of rotatable bonds is 2. The van der Waals surface area contributed by atoms with E-state index in [9.17, 15) is 18.0 Å². The minimum absolute atomic E-state index is 0.305. The van der Waals surface area contributed by atoms with Gasteiger partial charge in [0.05, 0.1) is 5.56 Å². The van der Waals surface area contributed by atoms with E-state index in [2.05, 4.69) is 0 Å². The fourth-order valence-corrected chi connectivity index (χ4v) is 2.26. The van der Waals surface area contributed by atoms with E-state index in [0.29, 0.717) is 23.3 Å². The van der Waals surface area contributed by atoms with E-state index in [1.807, 2.05) is 0 Å². The van der Waals surface area contributed by atoms with Crippen LogP contribution in [0.15, 0.2) is 22.9 Å². The van der Waals surface area contributed by atoms with Crippen molar-refractivity contribution >= 4 is 17.1 Å². The van der Waals surface area contributed by atoms with E-state index in [-0.39, 0.29) is 0 Å². The molecule has 2 rings (SSSR count). The Hall–Kier alpha value is -1.62. The first-order chi connectivity index (χ1) is 8.00. The number of ketones is 1. The first-order valence-electron chi connectivity index (χ1n) is 4.72. The van der Waals surface area contributed by atoms with Crippen LogP contribution in [0.4, 0.5) is 13.2 Å². The van der Waals surface area contributed by atoms with Gasteiger partial charge in [-0.1, -0.05) is 0 Å². The Morgan fingerprint density at radius 2 is 1.65 bits per heavy atom. The van der Waals surface area contributed by atoms with Gasteiger partial charge in [-0.2, -0.15) is 11.3 Å². The molecule has 17 heavy (non-hydrogen) atoms. The number of carbonyl (C=O) groups is 1. The summed E-state index contributed by atoms with van der Waals surface area (Å²) in [5.41, 5.74) is 0.537. The summed E-state index contributed by atoms with van der Waals surface area (Å²) in [6.07, 6.45) is 0. The number of thiophene rings is 1. The van der Waals surface area contributed by atoms with Gasteiger partial charge in [0.15, 0.2) is 17.4 Å². The third kappa shape index (κ3) is 2.10. The van der Waals surface area contributed by atoms with Crippen molar-refractivity contribution in [2.75, 3.05) is 0 Å². The van der Waals surface area contributed by atoms with Crippen molar-refractivity contribution in [3.8, 4) is 0 Å². The van der Waals surface area contributed by atoms with E-state index in [1.165, 1.54) is 11.3 Å². The summed E-state index contributed by atoms with van der Waals surface area (Å²) in [5, 5.41) is 3.28. The quantitative estimate of drug-likeness (QED) is 0.591. The zero-order chi connectivity index (χ0) is 12.6. The highest BCUT2D eigenvalue weighted by molar-refractivity contribution is 7.08. The maximum atomic E-state index is 13.4. The van der Waals surface area contributed by atoms with Gasteiger partial charge in [-0.3, -0.25) is 4.79 Å². The van der Waals surface area contributed by atoms with Crippen LogP contribution in [0.2, 0.25) is 0 Å². The lowest BCUT2D eigenvalue weighted by atomic mass is 10.0. The van der Waals surface area contributed by atoms with Crippen LogP contribution >= 0.6 is 11.3 Å². The predicted molar refractivity (Wildman–Crippen MR) is 58.8 cm³/mol. The molecule has 0 unspecified atom stereocenters. The molecule has 1 nitrogen and oxygen atoms in total. The fraction of sp³-hybridized carbons (Fsp3) is 0.0833. The van der Waals surface area contributed by atoms with Crippen molar-refractivity contribution in [1.29, 1.82) is 0 Å². The molecule has 0 radical (unpaired) electrons. The summed E-state index contributed by atoms with van der Waals surface area (Å²) in [6, 6.07) is 0.967. The SMILES string of the molecule is Cc1cscc1C(=O)c1cc(F)c(F)cc1F. The molecule has 1 aromatic heterocycles. The number of aryl methyl sites for hydroxylation is 1. The molecule has 0 amide bonds. The third-order valence-electron chi connectivity index (χ3n) is 2.35. The number of halogens is 3. The first-order valence-corrected chi connectivity index (χ1v) is 5.67. The fourth-order valence-electron chi connectivity index (χ4n) is 1.43. The lowest BCUT2D eigenvalue weighted by Crippen LogP contribution is -2.06. The minimum atomic E-state index is -1.30. The lowest BCUT2D eigenvalue weighted by Gasteiger charge is -2.03. The second-order valence-corrected chi connectivity index (χ2v) is 4.29. The highest BCUT2D eigenvalue weighted by Gasteiger charge is 2.19. The number of benzene rings is 1. The molecule has 88 valence electrons. The number of hydrogen-bond acceptors (Lipinski definition) is 2. The van der Waals surface area contributed by atoms with E-state index >= 15 is 0 Å². The Labute approximate surface area is 99.5 Å². The van der Waals surface area contributed by atoms with Crippen molar-refractivity contribution in [3.63, 3.8) is 0 Å². The van der Waals surface area contributed by atoms with Crippen molar-refractivity contribution in [3.05, 3.63) is 57.0 Å². The smallest absolute Gasteiger partial charge is 0.197 e. The zero-order valence-corrected chi connectivity index (χ0v) is 9.58. The van der Waals surface area contributed by atoms with Gasteiger partial charge in [-0.15, -0.1) is 0 Å². The van der Waals surface area contributed by atoms with Gasteiger partial charge in [0.1, 0.15) is 5.82 Å². The van der Waals surface area contributed by atoms with Gasteiger partial charge in [0, 0.05) is 17.0 Å². The molecule has 5 heteroatoms. The molecule has 0 aliphatic rings. The summed E-state index contributed by atoms with van der Waals surface area (Å²) in [6.45, 7) is 1.70. The van der Waals surface area contributed by atoms with Crippen LogP contribution in [0.25, 0.3) is 0 Å². The van der Waals surface area contributed by atoms with Crippen LogP contribution in [0.1, 0.15) is 21.5 Å². The van der Waals surface area contributed by atoms with Gasteiger partial charge in [-0.25, -0.2) is 13.2 Å². The Morgan fingerprint density at radius 3 is 2.24 bits per heavy atom. The number of carbonyl (C=O) groups excluding carboxylic acids is 1. The van der Waals surface area contributed by atoms with E-state index in [0.717, 1.165) is 0 Å². The molecule has 0 aliphatic heterocycles. The summed E-state index contributed by atoms with van der Waals surface area (Å²) in [7, 11) is 0. The second-order valence-electron chi connectivity index (χ2n) is 3.54. The largest absolute Gasteiger partial charge is 0.288 e. The van der Waals surface area contributed by atoms with Crippen molar-refractivity contribution < 1.29 is 18.0 Å². The monoisotopic (exact) mass is 256 g/mol. The van der Waals surface area contributed by atoms with Gasteiger partial charge < -0.3 is 0 Å². The molecule has 0 saturated heterocycles. The molecule has 0 aliphatic carbocycles. The van der Waals surface area contributed by atoms with Gasteiger partial charge >= 0.3 is 0 Å². The molecule has 0 saturated carbocycles.